The van der Waals surface area contributed by atoms with Crippen LogP contribution in [-0.4, -0.2) is 23.7 Å². The maximum Gasteiger partial charge on any atom is 0.253 e. The number of benzene rings is 1. The van der Waals surface area contributed by atoms with Crippen LogP contribution >= 0.6 is 34.2 Å². The number of alkyl halides is 1. The minimum absolute atomic E-state index is 0.145. The first-order valence-corrected chi connectivity index (χ1v) is 6.73. The zero-order valence-electron chi connectivity index (χ0n) is 8.87. The van der Waals surface area contributed by atoms with E-state index in [1.54, 1.807) is 31.4 Å². The van der Waals surface area contributed by atoms with Gasteiger partial charge in [-0.3, -0.25) is 4.79 Å². The normalized spacial score (nSPS) is 12.2. The van der Waals surface area contributed by atoms with Crippen molar-refractivity contribution in [3.8, 4) is 0 Å². The summed E-state index contributed by atoms with van der Waals surface area (Å²) in [5.41, 5.74) is 0.583. The molecule has 1 aromatic rings. The molecule has 1 unspecified atom stereocenters. The number of methoxy groups -OCH3 is 1. The first kappa shape index (κ1) is 13.7. The van der Waals surface area contributed by atoms with Crippen LogP contribution < -0.4 is 5.32 Å². The molecule has 0 saturated heterocycles. The second-order valence-corrected chi connectivity index (χ2v) is 4.70. The molecule has 5 heteroatoms. The molecule has 0 aliphatic carbocycles. The molecule has 88 valence electrons. The number of hydrogen-bond donors (Lipinski definition) is 1. The Labute approximate surface area is 114 Å². The number of carbonyl (C=O) groups excluding carboxylic acids is 1. The molecule has 1 amide bonds. The molecule has 0 spiro atoms. The third-order valence-corrected chi connectivity index (χ3v) is 2.93. The van der Waals surface area contributed by atoms with Crippen LogP contribution in [0.2, 0.25) is 5.02 Å². The maximum absolute atomic E-state index is 11.8. The highest BCUT2D eigenvalue weighted by Crippen LogP contribution is 2.10. The van der Waals surface area contributed by atoms with E-state index in [2.05, 4.69) is 27.9 Å². The van der Waals surface area contributed by atoms with Crippen LogP contribution in [-0.2, 0) is 4.74 Å². The molecular formula is C11H13ClINO2. The van der Waals surface area contributed by atoms with Gasteiger partial charge in [-0.05, 0) is 24.3 Å². The molecule has 3 nitrogen and oxygen atoms in total. The van der Waals surface area contributed by atoms with E-state index in [9.17, 15) is 4.79 Å². The number of rotatable bonds is 5. The highest BCUT2D eigenvalue weighted by molar-refractivity contribution is 14.1. The monoisotopic (exact) mass is 353 g/mol. The second-order valence-electron chi connectivity index (χ2n) is 3.18. The van der Waals surface area contributed by atoms with E-state index in [-0.39, 0.29) is 12.1 Å². The first-order valence-electron chi connectivity index (χ1n) is 4.82. The Kier molecular flexibility index (Phi) is 6.08. The van der Waals surface area contributed by atoms with Crippen LogP contribution in [0.5, 0.6) is 0 Å². The zero-order valence-corrected chi connectivity index (χ0v) is 11.8. The molecule has 0 fully saturated rings. The van der Waals surface area contributed by atoms with E-state index in [1.165, 1.54) is 0 Å². The van der Waals surface area contributed by atoms with Crippen molar-refractivity contribution in [1.82, 2.24) is 5.32 Å². The van der Waals surface area contributed by atoms with Gasteiger partial charge in [0, 0.05) is 28.5 Å². The fourth-order valence-electron chi connectivity index (χ4n) is 1.18. The van der Waals surface area contributed by atoms with Gasteiger partial charge in [-0.1, -0.05) is 34.2 Å². The minimum atomic E-state index is -0.236. The molecular weight excluding hydrogens is 340 g/mol. The number of hydrogen-bond acceptors (Lipinski definition) is 2. The Balaban J connectivity index is 2.60. The third kappa shape index (κ3) is 4.27. The van der Waals surface area contributed by atoms with E-state index in [0.29, 0.717) is 10.6 Å². The predicted octanol–water partition coefficient (Wildman–Crippen LogP) is 2.87. The second kappa shape index (κ2) is 7.09. The van der Waals surface area contributed by atoms with Gasteiger partial charge in [-0.25, -0.2) is 0 Å². The molecule has 0 aromatic heterocycles. The third-order valence-electron chi connectivity index (χ3n) is 2.05. The fourth-order valence-corrected chi connectivity index (χ4v) is 1.87. The average molecular weight is 354 g/mol. The molecule has 1 aromatic carbocycles. The molecule has 0 heterocycles. The van der Waals surface area contributed by atoms with E-state index in [4.69, 9.17) is 16.3 Å². The lowest BCUT2D eigenvalue weighted by Crippen LogP contribution is -2.36. The molecule has 1 rings (SSSR count). The standard InChI is InChI=1S/C11H13ClINO2/c1-16-10(6-7-13)14-11(15)8-2-4-9(12)5-3-8/h2-5,10H,6-7H2,1H3,(H,14,15). The van der Waals surface area contributed by atoms with Gasteiger partial charge in [-0.2, -0.15) is 0 Å². The summed E-state index contributed by atoms with van der Waals surface area (Å²) in [6.07, 6.45) is 0.552. The lowest BCUT2D eigenvalue weighted by molar-refractivity contribution is 0.0571. The predicted molar refractivity (Wildman–Crippen MR) is 73.2 cm³/mol. The lowest BCUT2D eigenvalue weighted by atomic mass is 10.2. The molecule has 0 saturated carbocycles. The molecule has 0 aliphatic heterocycles. The molecule has 1 N–H and O–H groups in total. The van der Waals surface area contributed by atoms with Crippen molar-refractivity contribution in [3.63, 3.8) is 0 Å². The Morgan fingerprint density at radius 1 is 1.50 bits per heavy atom. The Morgan fingerprint density at radius 2 is 2.12 bits per heavy atom. The summed E-state index contributed by atoms with van der Waals surface area (Å²) in [6, 6.07) is 6.76. The molecule has 1 atom stereocenters. The van der Waals surface area contributed by atoms with Crippen LogP contribution in [0.3, 0.4) is 0 Å². The van der Waals surface area contributed by atoms with Gasteiger partial charge in [0.1, 0.15) is 6.23 Å². The highest BCUT2D eigenvalue weighted by atomic mass is 127. The Bertz CT molecular complexity index is 342. The van der Waals surface area contributed by atoms with Crippen molar-refractivity contribution in [2.24, 2.45) is 0 Å². The fraction of sp³-hybridized carbons (Fsp3) is 0.364. The van der Waals surface area contributed by atoms with Gasteiger partial charge < -0.3 is 10.1 Å². The summed E-state index contributed by atoms with van der Waals surface area (Å²) in [5, 5.41) is 3.41. The minimum Gasteiger partial charge on any atom is -0.362 e. The number of ether oxygens (including phenoxy) is 1. The van der Waals surface area contributed by atoms with E-state index in [1.807, 2.05) is 0 Å². The number of nitrogens with one attached hydrogen (secondary N) is 1. The van der Waals surface area contributed by atoms with Crippen molar-refractivity contribution < 1.29 is 9.53 Å². The SMILES string of the molecule is COC(CCI)NC(=O)c1ccc(Cl)cc1. The van der Waals surface area contributed by atoms with E-state index >= 15 is 0 Å². The van der Waals surface area contributed by atoms with Crippen LogP contribution in [0.4, 0.5) is 0 Å². The first-order chi connectivity index (χ1) is 7.67. The van der Waals surface area contributed by atoms with Crippen LogP contribution in [0.1, 0.15) is 16.8 Å². The van der Waals surface area contributed by atoms with Gasteiger partial charge in [-0.15, -0.1) is 0 Å². The van der Waals surface area contributed by atoms with E-state index < -0.39 is 0 Å². The van der Waals surface area contributed by atoms with Gasteiger partial charge in [0.05, 0.1) is 0 Å². The quantitative estimate of drug-likeness (QED) is 0.502. The zero-order chi connectivity index (χ0) is 12.0. The van der Waals surface area contributed by atoms with Gasteiger partial charge >= 0.3 is 0 Å². The maximum atomic E-state index is 11.8. The Morgan fingerprint density at radius 3 is 2.62 bits per heavy atom. The van der Waals surface area contributed by atoms with Crippen LogP contribution in [0.15, 0.2) is 24.3 Å². The van der Waals surface area contributed by atoms with Gasteiger partial charge in [0.25, 0.3) is 5.91 Å². The largest absolute Gasteiger partial charge is 0.362 e. The molecule has 0 aliphatic rings. The summed E-state index contributed by atoms with van der Waals surface area (Å²) >= 11 is 7.98. The van der Waals surface area contributed by atoms with Crippen molar-refractivity contribution in [1.29, 1.82) is 0 Å². The van der Waals surface area contributed by atoms with Crippen molar-refractivity contribution in [3.05, 3.63) is 34.9 Å². The summed E-state index contributed by atoms with van der Waals surface area (Å²) in [6.45, 7) is 0. The lowest BCUT2D eigenvalue weighted by Gasteiger charge is -2.15. The van der Waals surface area contributed by atoms with Crippen LogP contribution in [0, 0.1) is 0 Å². The molecule has 0 bridgehead atoms. The summed E-state index contributed by atoms with van der Waals surface area (Å²) in [7, 11) is 1.58. The molecule has 16 heavy (non-hydrogen) atoms. The number of carbonyl (C=O) groups is 1. The summed E-state index contributed by atoms with van der Waals surface area (Å²) in [5.74, 6) is -0.145. The number of amides is 1. The number of halogens is 2. The highest BCUT2D eigenvalue weighted by Gasteiger charge is 2.11. The van der Waals surface area contributed by atoms with Gasteiger partial charge in [0.15, 0.2) is 0 Å². The molecule has 0 radical (unpaired) electrons. The summed E-state index contributed by atoms with van der Waals surface area (Å²) < 4.78 is 6.07. The Hall–Kier alpha value is -0.330. The van der Waals surface area contributed by atoms with E-state index in [0.717, 1.165) is 10.8 Å². The average Bonchev–Trinajstić information content (AvgIpc) is 2.29. The van der Waals surface area contributed by atoms with Crippen molar-refractivity contribution in [2.45, 2.75) is 12.6 Å². The summed E-state index contributed by atoms with van der Waals surface area (Å²) in [4.78, 5) is 11.8. The topological polar surface area (TPSA) is 38.3 Å². The smallest absolute Gasteiger partial charge is 0.253 e. The van der Waals surface area contributed by atoms with Gasteiger partial charge in [0.2, 0.25) is 0 Å². The van der Waals surface area contributed by atoms with Crippen molar-refractivity contribution in [2.75, 3.05) is 11.5 Å². The van der Waals surface area contributed by atoms with Crippen molar-refractivity contribution >= 4 is 40.1 Å². The van der Waals surface area contributed by atoms with Crippen LogP contribution in [0.25, 0.3) is 0 Å².